The molecule has 278 valence electrons. The summed E-state index contributed by atoms with van der Waals surface area (Å²) >= 11 is 0. The maximum absolute atomic E-state index is 13.4. The first-order chi connectivity index (χ1) is 23.3. The smallest absolute Gasteiger partial charge is 0.410 e. The van der Waals surface area contributed by atoms with Crippen LogP contribution in [-0.4, -0.2) is 125 Å². The molecule has 1 amide bonds. The SMILES string of the molecule is CCC(O)C(C)C1OC1CC(C)(O)C=CC=C(C)C1OC(=O)CC(O)CCC(C)C(OC(=O)N2CCN(C3CCOCC3)CC2)C=CC1C. The van der Waals surface area contributed by atoms with E-state index in [0.29, 0.717) is 44.8 Å². The molecule has 49 heavy (non-hydrogen) atoms. The summed E-state index contributed by atoms with van der Waals surface area (Å²) < 4.78 is 23.3. The van der Waals surface area contributed by atoms with Gasteiger partial charge >= 0.3 is 12.1 Å². The van der Waals surface area contributed by atoms with Crippen molar-refractivity contribution in [1.29, 1.82) is 0 Å². The van der Waals surface area contributed by atoms with Crippen LogP contribution in [0.15, 0.2) is 36.0 Å². The van der Waals surface area contributed by atoms with Crippen LogP contribution in [0.1, 0.15) is 86.5 Å². The second kappa shape index (κ2) is 18.3. The molecule has 4 aliphatic rings. The average molecular weight is 691 g/mol. The number of hydrogen-bond donors (Lipinski definition) is 3. The molecular formula is C38H62N2O9. The van der Waals surface area contributed by atoms with E-state index in [-0.39, 0.29) is 42.5 Å². The fourth-order valence-corrected chi connectivity index (χ4v) is 7.31. The average Bonchev–Trinajstić information content (AvgIpc) is 3.84. The highest BCUT2D eigenvalue weighted by molar-refractivity contribution is 5.70. The van der Waals surface area contributed by atoms with Gasteiger partial charge in [0.25, 0.3) is 0 Å². The Hall–Kier alpha value is -2.28. The molecule has 11 nitrogen and oxygen atoms in total. The molecule has 4 heterocycles. The number of ether oxygens (including phenoxy) is 4. The number of allylic oxidation sites excluding steroid dienone is 2. The Balaban J connectivity index is 1.39. The van der Waals surface area contributed by atoms with E-state index in [4.69, 9.17) is 18.9 Å². The van der Waals surface area contributed by atoms with Crippen molar-refractivity contribution >= 4 is 12.1 Å². The Morgan fingerprint density at radius 2 is 1.82 bits per heavy atom. The van der Waals surface area contributed by atoms with E-state index in [1.807, 2.05) is 52.8 Å². The van der Waals surface area contributed by atoms with Crippen molar-refractivity contribution in [3.63, 3.8) is 0 Å². The third-order valence-electron chi connectivity index (χ3n) is 10.8. The van der Waals surface area contributed by atoms with Gasteiger partial charge in [-0.25, -0.2) is 4.79 Å². The van der Waals surface area contributed by atoms with Crippen molar-refractivity contribution in [1.82, 2.24) is 9.80 Å². The predicted octanol–water partition coefficient (Wildman–Crippen LogP) is 4.39. The lowest BCUT2D eigenvalue weighted by atomic mass is 9.91. The fraction of sp³-hybridized carbons (Fsp3) is 0.789. The molecule has 10 atom stereocenters. The topological polar surface area (TPSA) is 142 Å². The maximum Gasteiger partial charge on any atom is 0.410 e. The van der Waals surface area contributed by atoms with Crippen molar-refractivity contribution < 1.29 is 43.9 Å². The normalized spacial score (nSPS) is 34.0. The lowest BCUT2D eigenvalue weighted by Gasteiger charge is -2.40. The van der Waals surface area contributed by atoms with Crippen LogP contribution in [0.25, 0.3) is 0 Å². The highest BCUT2D eigenvalue weighted by Gasteiger charge is 2.47. The number of amides is 1. The number of rotatable bonds is 10. The summed E-state index contributed by atoms with van der Waals surface area (Å²) in [6.07, 6.45) is 10.2. The maximum atomic E-state index is 13.4. The number of hydrogen-bond acceptors (Lipinski definition) is 10. The number of carbonyl (C=O) groups excluding carboxylic acids is 2. The molecule has 0 radical (unpaired) electrons. The molecule has 0 aromatic heterocycles. The van der Waals surface area contributed by atoms with Crippen LogP contribution in [0.5, 0.6) is 0 Å². The second-order valence-corrected chi connectivity index (χ2v) is 15.1. The van der Waals surface area contributed by atoms with E-state index < -0.39 is 36.0 Å². The van der Waals surface area contributed by atoms with Crippen LogP contribution < -0.4 is 0 Å². The molecular weight excluding hydrogens is 628 g/mol. The first-order valence-corrected chi connectivity index (χ1v) is 18.5. The molecule has 0 saturated carbocycles. The number of carbonyl (C=O) groups is 2. The second-order valence-electron chi connectivity index (χ2n) is 15.1. The number of aliphatic hydroxyl groups is 3. The number of epoxide rings is 1. The molecule has 3 N–H and O–H groups in total. The molecule has 3 fully saturated rings. The third-order valence-corrected chi connectivity index (χ3v) is 10.8. The predicted molar refractivity (Wildman–Crippen MR) is 187 cm³/mol. The van der Waals surface area contributed by atoms with Gasteiger partial charge in [-0.2, -0.15) is 0 Å². The van der Waals surface area contributed by atoms with Gasteiger partial charge in [0.2, 0.25) is 0 Å². The molecule has 10 unspecified atom stereocenters. The van der Waals surface area contributed by atoms with Crippen molar-refractivity contribution in [2.75, 3.05) is 39.4 Å². The van der Waals surface area contributed by atoms with Gasteiger partial charge in [-0.15, -0.1) is 0 Å². The van der Waals surface area contributed by atoms with E-state index in [9.17, 15) is 24.9 Å². The summed E-state index contributed by atoms with van der Waals surface area (Å²) in [4.78, 5) is 30.5. The van der Waals surface area contributed by atoms with Crippen molar-refractivity contribution in [2.24, 2.45) is 17.8 Å². The van der Waals surface area contributed by atoms with E-state index in [0.717, 1.165) is 44.7 Å². The molecule has 0 aromatic carbocycles. The molecule has 0 bridgehead atoms. The molecule has 0 spiro atoms. The molecule has 4 aliphatic heterocycles. The van der Waals surface area contributed by atoms with Gasteiger partial charge in [-0.1, -0.05) is 52.0 Å². The standard InChI is InChI=1S/C38H62N2O9/c1-7-31(42)28(5)36-33(47-36)24-38(6,45)16-8-9-26(3)35-27(4)11-13-32(25(2)10-12-30(41)23-34(43)49-35)48-37(44)40-19-17-39(18-20-40)29-14-21-46-22-15-29/h8-9,11,13,16,25,27-33,35-36,41-42,45H,7,10,12,14-15,17-24H2,1-6H3. The van der Waals surface area contributed by atoms with E-state index in [2.05, 4.69) is 4.90 Å². The Bertz CT molecular complexity index is 1160. The number of piperazine rings is 1. The molecule has 3 saturated heterocycles. The Morgan fingerprint density at radius 3 is 2.49 bits per heavy atom. The summed E-state index contributed by atoms with van der Waals surface area (Å²) in [5.41, 5.74) is -0.357. The Morgan fingerprint density at radius 1 is 1.12 bits per heavy atom. The van der Waals surface area contributed by atoms with Crippen LogP contribution in [0.4, 0.5) is 4.79 Å². The summed E-state index contributed by atoms with van der Waals surface area (Å²) in [6, 6.07) is 0.512. The quantitative estimate of drug-likeness (QED) is 0.131. The summed E-state index contributed by atoms with van der Waals surface area (Å²) in [5, 5.41) is 31.8. The highest BCUT2D eigenvalue weighted by Crippen LogP contribution is 2.37. The zero-order chi connectivity index (χ0) is 35.7. The number of esters is 1. The minimum absolute atomic E-state index is 0.00444. The van der Waals surface area contributed by atoms with Crippen molar-refractivity contribution in [3.05, 3.63) is 36.0 Å². The molecule has 0 aromatic rings. The van der Waals surface area contributed by atoms with Gasteiger partial charge in [0, 0.05) is 63.7 Å². The van der Waals surface area contributed by atoms with Crippen LogP contribution in [0, 0.1) is 17.8 Å². The van der Waals surface area contributed by atoms with Crippen molar-refractivity contribution in [2.45, 2.75) is 135 Å². The Labute approximate surface area is 293 Å². The van der Waals surface area contributed by atoms with Crippen LogP contribution >= 0.6 is 0 Å². The van der Waals surface area contributed by atoms with Gasteiger partial charge in [0.1, 0.15) is 12.2 Å². The monoisotopic (exact) mass is 690 g/mol. The van der Waals surface area contributed by atoms with Gasteiger partial charge in [0.05, 0.1) is 36.4 Å². The first-order valence-electron chi connectivity index (χ1n) is 18.5. The lowest BCUT2D eigenvalue weighted by Crippen LogP contribution is -2.53. The molecule has 4 rings (SSSR count). The lowest BCUT2D eigenvalue weighted by molar-refractivity contribution is -0.151. The van der Waals surface area contributed by atoms with Gasteiger partial charge in [0.15, 0.2) is 0 Å². The minimum Gasteiger partial charge on any atom is -0.457 e. The minimum atomic E-state index is -1.13. The number of aliphatic hydroxyl groups excluding tert-OH is 2. The van der Waals surface area contributed by atoms with Gasteiger partial charge in [-0.3, -0.25) is 9.69 Å². The van der Waals surface area contributed by atoms with Crippen LogP contribution in [-0.2, 0) is 23.7 Å². The van der Waals surface area contributed by atoms with E-state index >= 15 is 0 Å². The fourth-order valence-electron chi connectivity index (χ4n) is 7.31. The summed E-state index contributed by atoms with van der Waals surface area (Å²) in [6.45, 7) is 15.9. The Kier molecular flexibility index (Phi) is 14.7. The van der Waals surface area contributed by atoms with Gasteiger partial charge in [-0.05, 0) is 63.5 Å². The third kappa shape index (κ3) is 11.9. The molecule has 11 heteroatoms. The largest absolute Gasteiger partial charge is 0.457 e. The highest BCUT2D eigenvalue weighted by atomic mass is 16.6. The number of cyclic esters (lactones) is 1. The van der Waals surface area contributed by atoms with E-state index in [1.54, 1.807) is 24.0 Å². The molecule has 0 aliphatic carbocycles. The van der Waals surface area contributed by atoms with Crippen LogP contribution in [0.2, 0.25) is 0 Å². The van der Waals surface area contributed by atoms with E-state index in [1.165, 1.54) is 0 Å². The zero-order valence-electron chi connectivity index (χ0n) is 30.5. The summed E-state index contributed by atoms with van der Waals surface area (Å²) in [7, 11) is 0. The number of nitrogens with zero attached hydrogens (tertiary/aromatic N) is 2. The zero-order valence-corrected chi connectivity index (χ0v) is 30.5. The van der Waals surface area contributed by atoms with Crippen molar-refractivity contribution in [3.8, 4) is 0 Å². The van der Waals surface area contributed by atoms with Gasteiger partial charge < -0.3 is 39.2 Å². The van der Waals surface area contributed by atoms with Crippen LogP contribution in [0.3, 0.4) is 0 Å². The first kappa shape index (κ1) is 39.5. The summed E-state index contributed by atoms with van der Waals surface area (Å²) in [5.74, 6) is -0.790.